The molecular formula is C35H43FN8O3. The van der Waals surface area contributed by atoms with Gasteiger partial charge in [0.2, 0.25) is 5.88 Å². The van der Waals surface area contributed by atoms with Gasteiger partial charge in [0.15, 0.2) is 17.0 Å². The lowest BCUT2D eigenvalue weighted by molar-refractivity contribution is 0.0578. The van der Waals surface area contributed by atoms with Crippen molar-refractivity contribution >= 4 is 28.1 Å². The molecule has 7 rings (SSSR count). The Hall–Kier alpha value is -4.42. The van der Waals surface area contributed by atoms with Gasteiger partial charge >= 0.3 is 0 Å². The first kappa shape index (κ1) is 31.2. The lowest BCUT2D eigenvalue weighted by Gasteiger charge is -2.44. The highest BCUT2D eigenvalue weighted by molar-refractivity contribution is 5.92. The Labute approximate surface area is 274 Å². The van der Waals surface area contributed by atoms with E-state index in [1.165, 1.54) is 12.1 Å². The smallest absolute Gasteiger partial charge is 0.213 e. The molecule has 3 aliphatic rings. The van der Waals surface area contributed by atoms with Gasteiger partial charge in [0.05, 0.1) is 35.9 Å². The van der Waals surface area contributed by atoms with Crippen molar-refractivity contribution in [3.05, 3.63) is 76.6 Å². The van der Waals surface area contributed by atoms with Crippen molar-refractivity contribution in [2.24, 2.45) is 0 Å². The number of hydrogen-bond donors (Lipinski definition) is 2. The maximum absolute atomic E-state index is 16.1. The van der Waals surface area contributed by atoms with Gasteiger partial charge in [-0.25, -0.2) is 14.4 Å². The van der Waals surface area contributed by atoms with Crippen LogP contribution in [0.25, 0.3) is 10.9 Å². The van der Waals surface area contributed by atoms with Crippen LogP contribution in [-0.4, -0.2) is 84.0 Å². The monoisotopic (exact) mass is 642 g/mol. The van der Waals surface area contributed by atoms with Crippen molar-refractivity contribution in [2.75, 3.05) is 61.9 Å². The van der Waals surface area contributed by atoms with Crippen LogP contribution in [0.2, 0.25) is 0 Å². The van der Waals surface area contributed by atoms with E-state index in [1.54, 1.807) is 13.3 Å². The first-order valence-electron chi connectivity index (χ1n) is 16.5. The zero-order valence-electron chi connectivity index (χ0n) is 27.2. The van der Waals surface area contributed by atoms with Crippen LogP contribution in [0.1, 0.15) is 38.3 Å². The number of methoxy groups -OCH3 is 1. The number of nitrogens with one attached hydrogen (secondary N) is 1. The molecule has 2 saturated heterocycles. The summed E-state index contributed by atoms with van der Waals surface area (Å²) >= 11 is 0. The molecule has 0 spiro atoms. The molecule has 0 radical (unpaired) electrons. The van der Waals surface area contributed by atoms with E-state index in [1.807, 2.05) is 36.7 Å². The fraction of sp³-hybridized carbons (Fsp3) is 0.457. The number of ether oxygens (including phenoxy) is 2. The molecule has 1 aromatic carbocycles. The third-order valence-electron chi connectivity index (χ3n) is 9.98. The second-order valence-electron chi connectivity index (χ2n) is 13.0. The molecule has 11 nitrogen and oxygen atoms in total. The van der Waals surface area contributed by atoms with Gasteiger partial charge in [-0.2, -0.15) is 0 Å². The van der Waals surface area contributed by atoms with Crippen molar-refractivity contribution in [1.29, 1.82) is 0 Å². The Morgan fingerprint density at radius 2 is 2.04 bits per heavy atom. The van der Waals surface area contributed by atoms with Crippen LogP contribution in [0, 0.1) is 5.82 Å². The molecule has 248 valence electrons. The number of piperidine rings is 1. The van der Waals surface area contributed by atoms with E-state index in [-0.39, 0.29) is 29.7 Å². The highest BCUT2D eigenvalue weighted by Crippen LogP contribution is 2.44. The van der Waals surface area contributed by atoms with Crippen LogP contribution >= 0.6 is 0 Å². The zero-order valence-corrected chi connectivity index (χ0v) is 27.2. The molecule has 0 amide bonds. The molecule has 3 aliphatic heterocycles. The number of nitrogens with two attached hydrogens (primary N) is 1. The Kier molecular flexibility index (Phi) is 8.63. The first-order chi connectivity index (χ1) is 22.8. The van der Waals surface area contributed by atoms with E-state index in [4.69, 9.17) is 15.2 Å². The Bertz CT molecular complexity index is 1800. The van der Waals surface area contributed by atoms with Gasteiger partial charge in [-0.15, -0.1) is 0 Å². The van der Waals surface area contributed by atoms with Gasteiger partial charge in [-0.3, -0.25) is 9.69 Å². The number of anilines is 3. The van der Waals surface area contributed by atoms with E-state index in [9.17, 15) is 4.79 Å². The standard InChI is InChI=1S/C35H43FN8O3/c1-22-17-38-11-14-43(22)34-28(36)16-27-29(45)9-13-44-23(2)30(47-35(34)33(27)44)21-42(19-24-8-10-39-32(15-24)46-3)26-5-4-12-41(20-26)25-6-7-31(37)40-18-25/h6-10,13,15-16,18,22-23,26,30,38H,4-5,11-12,14,17,19-21H2,1-3H3,(H2,37,40)/t22?,23?,26-,30?/m0/s1. The Morgan fingerprint density at radius 1 is 1.17 bits per heavy atom. The molecule has 6 heterocycles. The molecule has 4 atom stereocenters. The van der Waals surface area contributed by atoms with Crippen molar-refractivity contribution in [3.63, 3.8) is 0 Å². The lowest BCUT2D eigenvalue weighted by Crippen LogP contribution is -2.52. The molecule has 0 bridgehead atoms. The molecule has 2 fully saturated rings. The number of benzene rings is 1. The van der Waals surface area contributed by atoms with Gasteiger partial charge < -0.3 is 34.9 Å². The Morgan fingerprint density at radius 3 is 2.83 bits per heavy atom. The van der Waals surface area contributed by atoms with Crippen LogP contribution in [0.15, 0.2) is 59.8 Å². The molecule has 0 saturated carbocycles. The summed E-state index contributed by atoms with van der Waals surface area (Å²) in [5.74, 6) is 1.10. The molecule has 3 aromatic heterocycles. The predicted octanol–water partition coefficient (Wildman–Crippen LogP) is 3.81. The quantitative estimate of drug-likeness (QED) is 0.294. The normalized spacial score (nSPS) is 22.8. The van der Waals surface area contributed by atoms with Gasteiger partial charge in [0.25, 0.3) is 0 Å². The second kappa shape index (κ2) is 13.0. The number of hydrogen-bond acceptors (Lipinski definition) is 10. The summed E-state index contributed by atoms with van der Waals surface area (Å²) in [4.78, 5) is 28.6. The molecule has 3 N–H and O–H groups in total. The van der Waals surface area contributed by atoms with Gasteiger partial charge in [-0.1, -0.05) is 0 Å². The number of pyridine rings is 3. The minimum absolute atomic E-state index is 0.0615. The highest BCUT2D eigenvalue weighted by Gasteiger charge is 2.37. The summed E-state index contributed by atoms with van der Waals surface area (Å²) < 4.78 is 30.6. The first-order valence-corrected chi connectivity index (χ1v) is 16.5. The molecule has 12 heteroatoms. The topological polar surface area (TPSA) is 114 Å². The fourth-order valence-electron chi connectivity index (χ4n) is 7.41. The number of aromatic nitrogens is 3. The van der Waals surface area contributed by atoms with E-state index < -0.39 is 5.82 Å². The minimum Gasteiger partial charge on any atom is -0.482 e. The summed E-state index contributed by atoms with van der Waals surface area (Å²) in [6.45, 7) is 9.32. The van der Waals surface area contributed by atoms with Gasteiger partial charge in [-0.05, 0) is 56.5 Å². The SMILES string of the molecule is COc1cc(CN(CC2Oc3c(N4CCNCC4C)c(F)cc4c(=O)ccn(c34)C2C)[C@H]2CCCN(c3ccc(N)nc3)C2)ccn1. The third-order valence-corrected chi connectivity index (χ3v) is 9.98. The molecule has 47 heavy (non-hydrogen) atoms. The maximum Gasteiger partial charge on any atom is 0.213 e. The molecule has 0 aliphatic carbocycles. The summed E-state index contributed by atoms with van der Waals surface area (Å²) in [5.41, 5.74) is 8.91. The number of nitrogens with zero attached hydrogens (tertiary/aromatic N) is 6. The summed E-state index contributed by atoms with van der Waals surface area (Å²) in [6, 6.07) is 10.9. The van der Waals surface area contributed by atoms with Crippen molar-refractivity contribution < 1.29 is 13.9 Å². The van der Waals surface area contributed by atoms with Gasteiger partial charge in [0.1, 0.15) is 17.6 Å². The summed E-state index contributed by atoms with van der Waals surface area (Å²) in [5, 5.41) is 3.74. The van der Waals surface area contributed by atoms with Crippen molar-refractivity contribution in [3.8, 4) is 11.6 Å². The third kappa shape index (κ3) is 6.07. The van der Waals surface area contributed by atoms with Crippen LogP contribution in [0.3, 0.4) is 0 Å². The largest absolute Gasteiger partial charge is 0.482 e. The average Bonchev–Trinajstić information content (AvgIpc) is 3.08. The summed E-state index contributed by atoms with van der Waals surface area (Å²) in [7, 11) is 1.62. The van der Waals surface area contributed by atoms with Crippen LogP contribution in [-0.2, 0) is 6.54 Å². The minimum atomic E-state index is -0.426. The number of halogens is 1. The van der Waals surface area contributed by atoms with E-state index >= 15 is 4.39 Å². The summed E-state index contributed by atoms with van der Waals surface area (Å²) in [6.07, 6.45) is 7.17. The molecule has 4 aromatic rings. The zero-order chi connectivity index (χ0) is 32.7. The number of piperazine rings is 1. The van der Waals surface area contributed by atoms with Gasteiger partial charge in [0, 0.05) is 82.4 Å². The van der Waals surface area contributed by atoms with E-state index in [2.05, 4.69) is 48.4 Å². The maximum atomic E-state index is 16.1. The average molecular weight is 643 g/mol. The number of nitrogen functional groups attached to an aromatic ring is 1. The molecule has 3 unspecified atom stereocenters. The second-order valence-corrected chi connectivity index (χ2v) is 13.0. The van der Waals surface area contributed by atoms with E-state index in [0.717, 1.165) is 50.3 Å². The number of rotatable bonds is 8. The van der Waals surface area contributed by atoms with Crippen LogP contribution in [0.4, 0.5) is 21.6 Å². The highest BCUT2D eigenvalue weighted by atomic mass is 19.1. The van der Waals surface area contributed by atoms with Crippen molar-refractivity contribution in [1.82, 2.24) is 24.8 Å². The van der Waals surface area contributed by atoms with Crippen LogP contribution < -0.4 is 35.8 Å². The Balaban J connectivity index is 1.26. The lowest BCUT2D eigenvalue weighted by atomic mass is 9.99. The molecular weight excluding hydrogens is 599 g/mol. The van der Waals surface area contributed by atoms with E-state index in [0.29, 0.717) is 53.7 Å². The fourth-order valence-corrected chi connectivity index (χ4v) is 7.41. The van der Waals surface area contributed by atoms with Crippen molar-refractivity contribution in [2.45, 2.75) is 57.5 Å². The van der Waals surface area contributed by atoms with Crippen LogP contribution in [0.5, 0.6) is 11.6 Å². The predicted molar refractivity (Wildman–Crippen MR) is 182 cm³/mol.